The van der Waals surface area contributed by atoms with Gasteiger partial charge in [0.05, 0.1) is 13.2 Å². The first-order valence-corrected chi connectivity index (χ1v) is 6.23. The molecular formula is C13H18O7. The van der Waals surface area contributed by atoms with Gasteiger partial charge in [0.1, 0.15) is 30.2 Å². The van der Waals surface area contributed by atoms with Crippen molar-refractivity contribution in [1.82, 2.24) is 0 Å². The molecule has 112 valence electrons. The number of aliphatic hydroxyl groups is 5. The lowest BCUT2D eigenvalue weighted by atomic mass is 9.99. The lowest BCUT2D eigenvalue weighted by Crippen LogP contribution is -2.60. The molecule has 7 nitrogen and oxygen atoms in total. The van der Waals surface area contributed by atoms with Gasteiger partial charge in [0, 0.05) is 0 Å². The third kappa shape index (κ3) is 3.09. The van der Waals surface area contributed by atoms with Crippen LogP contribution in [0.5, 0.6) is 5.75 Å². The lowest BCUT2D eigenvalue weighted by molar-refractivity contribution is -0.277. The summed E-state index contributed by atoms with van der Waals surface area (Å²) >= 11 is 0. The van der Waals surface area contributed by atoms with Crippen LogP contribution < -0.4 is 4.74 Å². The monoisotopic (exact) mass is 286 g/mol. The highest BCUT2D eigenvalue weighted by Crippen LogP contribution is 2.24. The first kappa shape index (κ1) is 15.2. The van der Waals surface area contributed by atoms with Crippen molar-refractivity contribution in [3.05, 3.63) is 29.8 Å². The molecule has 1 fully saturated rings. The molecule has 7 heteroatoms. The zero-order chi connectivity index (χ0) is 14.7. The fraction of sp³-hybridized carbons (Fsp3) is 0.538. The van der Waals surface area contributed by atoms with Crippen LogP contribution in [0.3, 0.4) is 0 Å². The summed E-state index contributed by atoms with van der Waals surface area (Å²) in [6.45, 7) is -0.603. The Balaban J connectivity index is 2.06. The van der Waals surface area contributed by atoms with E-state index in [4.69, 9.17) is 19.7 Å². The minimum atomic E-state index is -1.47. The van der Waals surface area contributed by atoms with Gasteiger partial charge in [0.25, 0.3) is 0 Å². The van der Waals surface area contributed by atoms with E-state index >= 15 is 0 Å². The van der Waals surface area contributed by atoms with Gasteiger partial charge in [-0.15, -0.1) is 0 Å². The van der Waals surface area contributed by atoms with Gasteiger partial charge in [-0.2, -0.15) is 0 Å². The van der Waals surface area contributed by atoms with Crippen molar-refractivity contribution in [2.24, 2.45) is 0 Å². The maximum absolute atomic E-state index is 9.80. The molecule has 20 heavy (non-hydrogen) atoms. The van der Waals surface area contributed by atoms with E-state index in [1.807, 2.05) is 0 Å². The lowest BCUT2D eigenvalue weighted by Gasteiger charge is -2.39. The Morgan fingerprint density at radius 2 is 1.60 bits per heavy atom. The number of aliphatic hydroxyl groups excluding tert-OH is 5. The fourth-order valence-electron chi connectivity index (χ4n) is 1.97. The summed E-state index contributed by atoms with van der Waals surface area (Å²) in [7, 11) is 0. The molecule has 0 aliphatic carbocycles. The topological polar surface area (TPSA) is 120 Å². The minimum Gasteiger partial charge on any atom is -0.462 e. The molecule has 1 saturated heterocycles. The zero-order valence-electron chi connectivity index (χ0n) is 10.7. The van der Waals surface area contributed by atoms with Crippen molar-refractivity contribution in [2.75, 3.05) is 6.61 Å². The van der Waals surface area contributed by atoms with Crippen LogP contribution in [0.1, 0.15) is 5.56 Å². The number of rotatable bonds is 4. The van der Waals surface area contributed by atoms with Gasteiger partial charge < -0.3 is 35.0 Å². The van der Waals surface area contributed by atoms with E-state index in [0.717, 1.165) is 0 Å². The predicted octanol–water partition coefficient (Wildman–Crippen LogP) is -1.64. The van der Waals surface area contributed by atoms with E-state index in [1.54, 1.807) is 24.3 Å². The van der Waals surface area contributed by atoms with Crippen LogP contribution >= 0.6 is 0 Å². The second-order valence-electron chi connectivity index (χ2n) is 4.62. The quantitative estimate of drug-likeness (QED) is 0.450. The fourth-order valence-corrected chi connectivity index (χ4v) is 1.97. The maximum Gasteiger partial charge on any atom is 0.229 e. The number of hydrogen-bond donors (Lipinski definition) is 5. The molecule has 1 heterocycles. The van der Waals surface area contributed by atoms with Crippen LogP contribution in [0.2, 0.25) is 0 Å². The summed E-state index contributed by atoms with van der Waals surface area (Å²) in [5.74, 6) is 0.367. The van der Waals surface area contributed by atoms with E-state index in [0.29, 0.717) is 11.3 Å². The van der Waals surface area contributed by atoms with Gasteiger partial charge in [-0.05, 0) is 17.7 Å². The molecule has 5 atom stereocenters. The predicted molar refractivity (Wildman–Crippen MR) is 66.8 cm³/mol. The molecule has 5 N–H and O–H groups in total. The summed E-state index contributed by atoms with van der Waals surface area (Å²) in [6.07, 6.45) is -6.53. The van der Waals surface area contributed by atoms with Crippen LogP contribution in [-0.4, -0.2) is 62.8 Å². The van der Waals surface area contributed by atoms with Crippen molar-refractivity contribution in [1.29, 1.82) is 0 Å². The molecule has 1 aliphatic heterocycles. The number of hydrogen-bond acceptors (Lipinski definition) is 7. The SMILES string of the molecule is OCc1ccc(O[C@@H]2OC(CO)[C@H](O)C(O)C2O)cc1. The van der Waals surface area contributed by atoms with E-state index in [2.05, 4.69) is 0 Å². The van der Waals surface area contributed by atoms with Crippen LogP contribution in [0.4, 0.5) is 0 Å². The Morgan fingerprint density at radius 3 is 2.15 bits per heavy atom. The van der Waals surface area contributed by atoms with Crippen molar-refractivity contribution >= 4 is 0 Å². The summed E-state index contributed by atoms with van der Waals surface area (Å²) in [5, 5.41) is 47.0. The Labute approximate surface area is 115 Å². The Kier molecular flexibility index (Phi) is 4.92. The molecule has 2 rings (SSSR count). The summed E-state index contributed by atoms with van der Waals surface area (Å²) in [6, 6.07) is 6.43. The highest BCUT2D eigenvalue weighted by molar-refractivity contribution is 5.27. The number of benzene rings is 1. The molecule has 3 unspecified atom stereocenters. The van der Waals surface area contributed by atoms with E-state index in [9.17, 15) is 15.3 Å². The molecule has 0 bridgehead atoms. The van der Waals surface area contributed by atoms with Crippen LogP contribution in [0.25, 0.3) is 0 Å². The van der Waals surface area contributed by atoms with Crippen molar-refractivity contribution in [3.8, 4) is 5.75 Å². The Bertz CT molecular complexity index is 419. The Hall–Kier alpha value is -1.22. The van der Waals surface area contributed by atoms with Gasteiger partial charge in [0.15, 0.2) is 0 Å². The van der Waals surface area contributed by atoms with E-state index in [-0.39, 0.29) is 6.61 Å². The zero-order valence-corrected chi connectivity index (χ0v) is 10.7. The largest absolute Gasteiger partial charge is 0.462 e. The molecule has 0 saturated carbocycles. The number of ether oxygens (including phenoxy) is 2. The summed E-state index contributed by atoms with van der Waals surface area (Å²) < 4.78 is 10.6. The summed E-state index contributed by atoms with van der Waals surface area (Å²) in [4.78, 5) is 0. The highest BCUT2D eigenvalue weighted by Gasteiger charge is 2.44. The van der Waals surface area contributed by atoms with Gasteiger partial charge in [-0.25, -0.2) is 0 Å². The summed E-state index contributed by atoms with van der Waals surface area (Å²) in [5.41, 5.74) is 0.700. The van der Waals surface area contributed by atoms with Crippen molar-refractivity contribution < 1.29 is 35.0 Å². The second kappa shape index (κ2) is 6.49. The molecule has 0 amide bonds. The minimum absolute atomic E-state index is 0.0969. The van der Waals surface area contributed by atoms with Crippen molar-refractivity contribution in [2.45, 2.75) is 37.3 Å². The smallest absolute Gasteiger partial charge is 0.229 e. The average Bonchev–Trinajstić information content (AvgIpc) is 2.48. The standard InChI is InChI=1S/C13H18O7/c14-5-7-1-3-8(4-2-7)19-13-12(18)11(17)10(16)9(6-15)20-13/h1-4,9-18H,5-6H2/t9?,10-,11?,12?,13+/m0/s1. The molecule has 0 spiro atoms. The molecule has 0 aromatic heterocycles. The highest BCUT2D eigenvalue weighted by atomic mass is 16.7. The average molecular weight is 286 g/mol. The first-order chi connectivity index (χ1) is 9.56. The van der Waals surface area contributed by atoms with Gasteiger partial charge in [-0.3, -0.25) is 0 Å². The van der Waals surface area contributed by atoms with Crippen LogP contribution in [0, 0.1) is 0 Å². The molecule has 0 radical (unpaired) electrons. The second-order valence-corrected chi connectivity index (χ2v) is 4.62. The first-order valence-electron chi connectivity index (χ1n) is 6.23. The molecule has 1 aromatic carbocycles. The van der Waals surface area contributed by atoms with Crippen molar-refractivity contribution in [3.63, 3.8) is 0 Å². The Morgan fingerprint density at radius 1 is 0.950 bits per heavy atom. The van der Waals surface area contributed by atoms with Crippen LogP contribution in [-0.2, 0) is 11.3 Å². The van der Waals surface area contributed by atoms with E-state index in [1.165, 1.54) is 0 Å². The van der Waals surface area contributed by atoms with Gasteiger partial charge in [-0.1, -0.05) is 12.1 Å². The third-order valence-electron chi connectivity index (χ3n) is 3.21. The molecular weight excluding hydrogens is 268 g/mol. The van der Waals surface area contributed by atoms with Crippen LogP contribution in [0.15, 0.2) is 24.3 Å². The normalized spacial score (nSPS) is 34.0. The molecule has 1 aliphatic rings. The van der Waals surface area contributed by atoms with E-state index < -0.39 is 37.3 Å². The third-order valence-corrected chi connectivity index (χ3v) is 3.21. The van der Waals surface area contributed by atoms with Gasteiger partial charge in [0.2, 0.25) is 6.29 Å². The maximum atomic E-state index is 9.80. The van der Waals surface area contributed by atoms with Gasteiger partial charge >= 0.3 is 0 Å². The molecule has 1 aromatic rings.